The molecule has 2 aromatic carbocycles. The highest BCUT2D eigenvalue weighted by Crippen LogP contribution is 2.36. The summed E-state index contributed by atoms with van der Waals surface area (Å²) in [4.78, 5) is 12.0. The average Bonchev–Trinajstić information content (AvgIpc) is 3.23. The smallest absolute Gasteiger partial charge is 0.231 e. The van der Waals surface area contributed by atoms with E-state index in [-0.39, 0.29) is 19.1 Å². The van der Waals surface area contributed by atoms with Gasteiger partial charge in [0, 0.05) is 17.3 Å². The van der Waals surface area contributed by atoms with Crippen molar-refractivity contribution in [1.29, 1.82) is 0 Å². The van der Waals surface area contributed by atoms with Crippen LogP contribution in [0.25, 0.3) is 11.3 Å². The molecule has 1 aliphatic rings. The predicted octanol–water partition coefficient (Wildman–Crippen LogP) is 3.39. The van der Waals surface area contributed by atoms with Gasteiger partial charge in [0.1, 0.15) is 5.82 Å². The lowest BCUT2D eigenvalue weighted by Gasteiger charge is -2.03. The first-order valence-electron chi connectivity index (χ1n) is 7.58. The summed E-state index contributed by atoms with van der Waals surface area (Å²) in [6.07, 6.45) is 0.0184. The first-order chi connectivity index (χ1) is 12.2. The van der Waals surface area contributed by atoms with Crippen LogP contribution in [0, 0.1) is 5.82 Å². The molecule has 0 unspecified atom stereocenters. The van der Waals surface area contributed by atoms with Gasteiger partial charge >= 0.3 is 0 Å². The van der Waals surface area contributed by atoms with Crippen molar-refractivity contribution in [2.75, 3.05) is 12.1 Å². The molecule has 0 saturated heterocycles. The maximum atomic E-state index is 13.1. The molecule has 2 heterocycles. The number of hydrogen-bond acceptors (Lipinski definition) is 5. The number of carbonyl (C=O) groups excluding carboxylic acids is 1. The van der Waals surface area contributed by atoms with Crippen molar-refractivity contribution < 1.29 is 23.2 Å². The molecular weight excluding hydrogens is 327 g/mol. The maximum absolute atomic E-state index is 13.1. The molecule has 126 valence electrons. The largest absolute Gasteiger partial charge is 0.454 e. The Kier molecular flexibility index (Phi) is 3.81. The molecule has 25 heavy (non-hydrogen) atoms. The molecule has 0 fully saturated rings. The van der Waals surface area contributed by atoms with E-state index in [1.165, 1.54) is 18.2 Å². The van der Waals surface area contributed by atoms with Crippen molar-refractivity contribution in [3.05, 3.63) is 60.0 Å². The summed E-state index contributed by atoms with van der Waals surface area (Å²) in [6, 6.07) is 12.8. The highest BCUT2D eigenvalue weighted by Gasteiger charge is 2.16. The van der Waals surface area contributed by atoms with Crippen molar-refractivity contribution in [2.24, 2.45) is 0 Å². The fourth-order valence-corrected chi connectivity index (χ4v) is 2.52. The number of halogens is 1. The molecule has 7 heteroatoms. The second-order valence-corrected chi connectivity index (χ2v) is 5.49. The highest BCUT2D eigenvalue weighted by molar-refractivity contribution is 5.92. The Balaban J connectivity index is 1.45. The second-order valence-electron chi connectivity index (χ2n) is 5.49. The number of aromatic nitrogens is 1. The number of rotatable bonds is 4. The van der Waals surface area contributed by atoms with Gasteiger partial charge < -0.3 is 19.3 Å². The molecule has 1 aliphatic heterocycles. The van der Waals surface area contributed by atoms with Crippen molar-refractivity contribution in [3.8, 4) is 22.8 Å². The Labute approximate surface area is 142 Å². The number of anilines is 1. The van der Waals surface area contributed by atoms with Gasteiger partial charge in [-0.25, -0.2) is 4.39 Å². The first kappa shape index (κ1) is 15.2. The molecule has 1 amide bonds. The zero-order valence-electron chi connectivity index (χ0n) is 13.0. The quantitative estimate of drug-likeness (QED) is 0.788. The van der Waals surface area contributed by atoms with Crippen LogP contribution in [0.1, 0.15) is 5.69 Å². The Morgan fingerprint density at radius 2 is 2.00 bits per heavy atom. The Morgan fingerprint density at radius 3 is 2.88 bits per heavy atom. The van der Waals surface area contributed by atoms with E-state index in [2.05, 4.69) is 10.5 Å². The van der Waals surface area contributed by atoms with E-state index in [9.17, 15) is 9.18 Å². The number of ether oxygens (including phenoxy) is 2. The number of benzene rings is 2. The fraction of sp³-hybridized carbons (Fsp3) is 0.111. The normalized spacial score (nSPS) is 12.2. The molecule has 0 saturated carbocycles. The Hall–Kier alpha value is -3.35. The lowest BCUT2D eigenvalue weighted by atomic mass is 10.1. The molecule has 3 aromatic rings. The fourth-order valence-electron chi connectivity index (χ4n) is 2.52. The van der Waals surface area contributed by atoms with Crippen LogP contribution >= 0.6 is 0 Å². The lowest BCUT2D eigenvalue weighted by molar-refractivity contribution is -0.115. The summed E-state index contributed by atoms with van der Waals surface area (Å²) in [5, 5.41) is 6.52. The summed E-state index contributed by atoms with van der Waals surface area (Å²) in [7, 11) is 0. The third kappa shape index (κ3) is 3.30. The molecule has 1 N–H and O–H groups in total. The molecular formula is C18H13FN2O4. The monoisotopic (exact) mass is 340 g/mol. The van der Waals surface area contributed by atoms with Gasteiger partial charge in [-0.3, -0.25) is 4.79 Å². The third-order valence-corrected chi connectivity index (χ3v) is 3.67. The second kappa shape index (κ2) is 6.27. The van der Waals surface area contributed by atoms with Gasteiger partial charge in [-0.1, -0.05) is 11.2 Å². The van der Waals surface area contributed by atoms with Crippen LogP contribution < -0.4 is 14.8 Å². The topological polar surface area (TPSA) is 73.6 Å². The van der Waals surface area contributed by atoms with E-state index in [1.54, 1.807) is 24.3 Å². The summed E-state index contributed by atoms with van der Waals surface area (Å²) in [6.45, 7) is 0.195. The summed E-state index contributed by atoms with van der Waals surface area (Å²) < 4.78 is 29.0. The number of fused-ring (bicyclic) bond motifs is 1. The van der Waals surface area contributed by atoms with Gasteiger partial charge in [0.2, 0.25) is 12.7 Å². The first-order valence-corrected chi connectivity index (χ1v) is 7.58. The van der Waals surface area contributed by atoms with Crippen molar-refractivity contribution >= 4 is 11.6 Å². The molecule has 0 atom stereocenters. The van der Waals surface area contributed by atoms with Crippen LogP contribution in [0.5, 0.6) is 11.5 Å². The van der Waals surface area contributed by atoms with Crippen molar-refractivity contribution in [1.82, 2.24) is 5.16 Å². The van der Waals surface area contributed by atoms with Crippen LogP contribution in [-0.2, 0) is 11.2 Å². The van der Waals surface area contributed by atoms with E-state index in [4.69, 9.17) is 14.0 Å². The van der Waals surface area contributed by atoms with Gasteiger partial charge in [-0.05, 0) is 36.4 Å². The van der Waals surface area contributed by atoms with E-state index in [0.29, 0.717) is 28.6 Å². The predicted molar refractivity (Wildman–Crippen MR) is 86.8 cm³/mol. The zero-order chi connectivity index (χ0) is 17.2. The van der Waals surface area contributed by atoms with E-state index in [1.807, 2.05) is 6.07 Å². The molecule has 4 rings (SSSR count). The summed E-state index contributed by atoms with van der Waals surface area (Å²) in [5.41, 5.74) is 1.64. The molecule has 0 radical (unpaired) electrons. The number of nitrogens with one attached hydrogen (secondary N) is 1. The van der Waals surface area contributed by atoms with Gasteiger partial charge in [-0.15, -0.1) is 0 Å². The molecule has 6 nitrogen and oxygen atoms in total. The van der Waals surface area contributed by atoms with Gasteiger partial charge in [0.05, 0.1) is 12.1 Å². The van der Waals surface area contributed by atoms with Crippen LogP contribution in [-0.4, -0.2) is 17.9 Å². The Bertz CT molecular complexity index is 938. The summed E-state index contributed by atoms with van der Waals surface area (Å²) >= 11 is 0. The third-order valence-electron chi connectivity index (χ3n) is 3.67. The van der Waals surface area contributed by atoms with Crippen LogP contribution in [0.3, 0.4) is 0 Å². The zero-order valence-corrected chi connectivity index (χ0v) is 13.0. The lowest BCUT2D eigenvalue weighted by Crippen LogP contribution is -2.14. The Morgan fingerprint density at radius 1 is 1.12 bits per heavy atom. The van der Waals surface area contributed by atoms with Gasteiger partial charge in [0.25, 0.3) is 0 Å². The summed E-state index contributed by atoms with van der Waals surface area (Å²) in [5.74, 6) is 1.12. The minimum Gasteiger partial charge on any atom is -0.454 e. The average molecular weight is 340 g/mol. The van der Waals surface area contributed by atoms with Crippen LogP contribution in [0.15, 0.2) is 53.1 Å². The maximum Gasteiger partial charge on any atom is 0.231 e. The van der Waals surface area contributed by atoms with E-state index >= 15 is 0 Å². The molecule has 0 spiro atoms. The molecule has 0 bridgehead atoms. The number of amides is 1. The molecule has 0 aliphatic carbocycles. The number of nitrogens with zero attached hydrogens (tertiary/aromatic N) is 1. The number of hydrogen-bond donors (Lipinski definition) is 1. The molecule has 1 aromatic heterocycles. The van der Waals surface area contributed by atoms with Crippen LogP contribution in [0.4, 0.5) is 10.1 Å². The minimum atomic E-state index is -0.413. The van der Waals surface area contributed by atoms with Gasteiger partial charge in [0.15, 0.2) is 17.3 Å². The standard InChI is InChI=1S/C18H13FN2O4/c19-12-2-1-3-13(7-12)20-18(22)9-14-8-16(25-21-14)11-4-5-15-17(6-11)24-10-23-15/h1-8H,9-10H2,(H,20,22). The van der Waals surface area contributed by atoms with Gasteiger partial charge in [-0.2, -0.15) is 0 Å². The van der Waals surface area contributed by atoms with E-state index in [0.717, 1.165) is 5.56 Å². The minimum absolute atomic E-state index is 0.0184. The van der Waals surface area contributed by atoms with E-state index < -0.39 is 5.82 Å². The van der Waals surface area contributed by atoms with Crippen molar-refractivity contribution in [2.45, 2.75) is 6.42 Å². The SMILES string of the molecule is O=C(Cc1cc(-c2ccc3c(c2)OCO3)on1)Nc1cccc(F)c1. The van der Waals surface area contributed by atoms with Crippen molar-refractivity contribution in [3.63, 3.8) is 0 Å². The number of carbonyl (C=O) groups is 1. The van der Waals surface area contributed by atoms with Crippen LogP contribution in [0.2, 0.25) is 0 Å². The highest BCUT2D eigenvalue weighted by atomic mass is 19.1.